The first kappa shape index (κ1) is 14.4. The first-order valence-corrected chi connectivity index (χ1v) is 7.18. The average molecular weight is 254 g/mol. The number of halogens is 1. The molecule has 0 saturated carbocycles. The molecule has 0 amide bonds. The van der Waals surface area contributed by atoms with E-state index < -0.39 is 0 Å². The highest BCUT2D eigenvalue weighted by Gasteiger charge is 2.01. The molecule has 0 fully saturated rings. The zero-order valence-electron chi connectivity index (χ0n) is 11.0. The van der Waals surface area contributed by atoms with Gasteiger partial charge in [-0.05, 0) is 42.9 Å². The Morgan fingerprint density at radius 3 is 2.88 bits per heavy atom. The lowest BCUT2D eigenvalue weighted by molar-refractivity contribution is 0.551. The van der Waals surface area contributed by atoms with E-state index in [1.54, 1.807) is 0 Å². The van der Waals surface area contributed by atoms with Gasteiger partial charge < -0.3 is 5.32 Å². The Hall–Kier alpha value is -0.690. The molecule has 0 spiro atoms. The summed E-state index contributed by atoms with van der Waals surface area (Å²) in [6.45, 7) is 5.60. The predicted molar refractivity (Wildman–Crippen MR) is 78.0 cm³/mol. The summed E-state index contributed by atoms with van der Waals surface area (Å²) < 4.78 is 0. The summed E-state index contributed by atoms with van der Waals surface area (Å²) in [5, 5.41) is 3.51. The smallest absolute Gasteiger partial charge is 0.0343 e. The summed E-state index contributed by atoms with van der Waals surface area (Å²) >= 11 is 5.71. The number of aryl methyl sites for hydroxylation is 1. The molecule has 96 valence electrons. The van der Waals surface area contributed by atoms with Crippen molar-refractivity contribution >= 4 is 17.3 Å². The quantitative estimate of drug-likeness (QED) is 0.662. The van der Waals surface area contributed by atoms with Crippen molar-refractivity contribution in [3.8, 4) is 0 Å². The minimum atomic E-state index is 0.741. The molecule has 0 heterocycles. The Morgan fingerprint density at radius 1 is 1.35 bits per heavy atom. The maximum atomic E-state index is 5.71. The molecule has 1 N–H and O–H groups in total. The summed E-state index contributed by atoms with van der Waals surface area (Å²) in [6, 6.07) is 8.68. The van der Waals surface area contributed by atoms with E-state index in [1.807, 2.05) is 0 Å². The van der Waals surface area contributed by atoms with E-state index in [9.17, 15) is 0 Å². The van der Waals surface area contributed by atoms with Gasteiger partial charge in [-0.3, -0.25) is 0 Å². The summed E-state index contributed by atoms with van der Waals surface area (Å²) in [4.78, 5) is 0. The van der Waals surface area contributed by atoms with Crippen molar-refractivity contribution in [2.45, 2.75) is 39.5 Å². The Kier molecular flexibility index (Phi) is 7.11. The molecule has 0 saturated heterocycles. The monoisotopic (exact) mass is 253 g/mol. The van der Waals surface area contributed by atoms with Crippen molar-refractivity contribution < 1.29 is 0 Å². The van der Waals surface area contributed by atoms with Gasteiger partial charge in [-0.1, -0.05) is 32.4 Å². The van der Waals surface area contributed by atoms with Crippen molar-refractivity contribution in [3.05, 3.63) is 29.8 Å². The Labute approximate surface area is 111 Å². The standard InChI is InChI=1S/C15H24ClN/c1-3-6-13(2)12-17-15-9-4-7-14(11-15)8-5-10-16/h4,7,9,11,13,17H,3,5-6,8,10,12H2,1-2H3. The van der Waals surface area contributed by atoms with Gasteiger partial charge in [-0.25, -0.2) is 0 Å². The molecule has 0 aliphatic heterocycles. The molecule has 0 aromatic heterocycles. The molecule has 0 bridgehead atoms. The van der Waals surface area contributed by atoms with E-state index in [-0.39, 0.29) is 0 Å². The number of benzene rings is 1. The first-order valence-electron chi connectivity index (χ1n) is 6.65. The lowest BCUT2D eigenvalue weighted by Crippen LogP contribution is -2.11. The van der Waals surface area contributed by atoms with Gasteiger partial charge in [0.1, 0.15) is 0 Å². The molecule has 2 heteroatoms. The third kappa shape index (κ3) is 5.97. The van der Waals surface area contributed by atoms with Gasteiger partial charge in [0.05, 0.1) is 0 Å². The van der Waals surface area contributed by atoms with Gasteiger partial charge in [0.25, 0.3) is 0 Å². The van der Waals surface area contributed by atoms with Crippen molar-refractivity contribution in [1.82, 2.24) is 0 Å². The number of anilines is 1. The fourth-order valence-corrected chi connectivity index (χ4v) is 2.13. The van der Waals surface area contributed by atoms with E-state index in [0.29, 0.717) is 0 Å². The van der Waals surface area contributed by atoms with Crippen LogP contribution in [0.4, 0.5) is 5.69 Å². The third-order valence-corrected chi connectivity index (χ3v) is 3.23. The summed E-state index contributed by atoms with van der Waals surface area (Å²) in [6.07, 6.45) is 4.68. The topological polar surface area (TPSA) is 12.0 Å². The maximum absolute atomic E-state index is 5.71. The second kappa shape index (κ2) is 8.41. The molecular weight excluding hydrogens is 230 g/mol. The van der Waals surface area contributed by atoms with Crippen LogP contribution < -0.4 is 5.32 Å². The van der Waals surface area contributed by atoms with Crippen molar-refractivity contribution in [1.29, 1.82) is 0 Å². The van der Waals surface area contributed by atoms with Crippen molar-refractivity contribution in [2.24, 2.45) is 5.92 Å². The van der Waals surface area contributed by atoms with Crippen molar-refractivity contribution in [2.75, 3.05) is 17.7 Å². The van der Waals surface area contributed by atoms with Crippen molar-refractivity contribution in [3.63, 3.8) is 0 Å². The minimum Gasteiger partial charge on any atom is -0.385 e. The first-order chi connectivity index (χ1) is 8.26. The van der Waals surface area contributed by atoms with E-state index in [2.05, 4.69) is 43.4 Å². The summed E-state index contributed by atoms with van der Waals surface area (Å²) in [5.41, 5.74) is 2.61. The second-order valence-corrected chi connectivity index (χ2v) is 5.15. The van der Waals surface area contributed by atoms with Gasteiger partial charge in [-0.2, -0.15) is 0 Å². The van der Waals surface area contributed by atoms with Crippen LogP contribution in [-0.4, -0.2) is 12.4 Å². The SMILES string of the molecule is CCCC(C)CNc1cccc(CCCCl)c1. The number of rotatable bonds is 8. The Balaban J connectivity index is 2.42. The van der Waals surface area contributed by atoms with Crippen LogP contribution >= 0.6 is 11.6 Å². The van der Waals surface area contributed by atoms with E-state index >= 15 is 0 Å². The highest BCUT2D eigenvalue weighted by molar-refractivity contribution is 6.17. The zero-order valence-corrected chi connectivity index (χ0v) is 11.8. The fraction of sp³-hybridized carbons (Fsp3) is 0.600. The van der Waals surface area contributed by atoms with Gasteiger partial charge in [-0.15, -0.1) is 11.6 Å². The second-order valence-electron chi connectivity index (χ2n) is 4.77. The fourth-order valence-electron chi connectivity index (χ4n) is 1.99. The normalized spacial score (nSPS) is 12.4. The molecule has 0 aliphatic rings. The number of hydrogen-bond donors (Lipinski definition) is 1. The van der Waals surface area contributed by atoms with E-state index in [0.717, 1.165) is 31.2 Å². The maximum Gasteiger partial charge on any atom is 0.0343 e. The number of nitrogens with one attached hydrogen (secondary N) is 1. The highest BCUT2D eigenvalue weighted by atomic mass is 35.5. The Bertz CT molecular complexity index is 312. The summed E-state index contributed by atoms with van der Waals surface area (Å²) in [5.74, 6) is 1.48. The predicted octanol–water partition coefficient (Wildman–Crippen LogP) is 4.71. The van der Waals surface area contributed by atoms with Crippen LogP contribution in [0.2, 0.25) is 0 Å². The lowest BCUT2D eigenvalue weighted by atomic mass is 10.1. The molecular formula is C15H24ClN. The molecule has 1 unspecified atom stereocenters. The Morgan fingerprint density at radius 2 is 2.18 bits per heavy atom. The molecule has 17 heavy (non-hydrogen) atoms. The highest BCUT2D eigenvalue weighted by Crippen LogP contribution is 2.14. The molecule has 1 rings (SSSR count). The van der Waals surface area contributed by atoms with Gasteiger partial charge in [0.15, 0.2) is 0 Å². The molecule has 1 nitrogen and oxygen atoms in total. The molecule has 0 radical (unpaired) electrons. The number of hydrogen-bond acceptors (Lipinski definition) is 1. The molecule has 1 aromatic rings. The van der Waals surface area contributed by atoms with Crippen LogP contribution in [0.5, 0.6) is 0 Å². The van der Waals surface area contributed by atoms with Gasteiger partial charge in [0, 0.05) is 18.1 Å². The number of alkyl halides is 1. The largest absolute Gasteiger partial charge is 0.385 e. The van der Waals surface area contributed by atoms with E-state index in [1.165, 1.54) is 24.1 Å². The molecule has 1 atom stereocenters. The minimum absolute atomic E-state index is 0.741. The van der Waals surface area contributed by atoms with Crippen LogP contribution in [0.25, 0.3) is 0 Å². The van der Waals surface area contributed by atoms with Crippen LogP contribution in [-0.2, 0) is 6.42 Å². The third-order valence-electron chi connectivity index (χ3n) is 2.96. The zero-order chi connectivity index (χ0) is 12.5. The van der Waals surface area contributed by atoms with Crippen LogP contribution in [0.1, 0.15) is 38.7 Å². The van der Waals surface area contributed by atoms with Crippen LogP contribution in [0.15, 0.2) is 24.3 Å². The van der Waals surface area contributed by atoms with Crippen LogP contribution in [0.3, 0.4) is 0 Å². The lowest BCUT2D eigenvalue weighted by Gasteiger charge is -2.13. The summed E-state index contributed by atoms with van der Waals surface area (Å²) in [7, 11) is 0. The average Bonchev–Trinajstić information content (AvgIpc) is 2.35. The van der Waals surface area contributed by atoms with Gasteiger partial charge in [0.2, 0.25) is 0 Å². The van der Waals surface area contributed by atoms with Crippen LogP contribution in [0, 0.1) is 5.92 Å². The molecule has 1 aromatic carbocycles. The molecule has 0 aliphatic carbocycles. The van der Waals surface area contributed by atoms with Gasteiger partial charge >= 0.3 is 0 Å². The van der Waals surface area contributed by atoms with E-state index in [4.69, 9.17) is 11.6 Å².